The highest BCUT2D eigenvalue weighted by atomic mass is 32.1. The summed E-state index contributed by atoms with van der Waals surface area (Å²) in [5, 5.41) is 8.87. The van der Waals surface area contributed by atoms with Crippen LogP contribution in [0, 0.1) is 5.82 Å². The number of thiophene rings is 1. The molecule has 3 amide bonds. The number of nitrogens with two attached hydrogens (primary N) is 1. The molecule has 1 aromatic heterocycles. The summed E-state index contributed by atoms with van der Waals surface area (Å²) in [4.78, 5) is 25.6. The summed E-state index contributed by atoms with van der Waals surface area (Å²) in [6.45, 7) is 1.68. The molecule has 1 fully saturated rings. The number of anilines is 1. The maximum atomic E-state index is 13.3. The molecule has 0 saturated carbocycles. The fraction of sp³-hybridized carbons (Fsp3) is 0.217. The van der Waals surface area contributed by atoms with Gasteiger partial charge in [0.1, 0.15) is 10.7 Å². The van der Waals surface area contributed by atoms with Crippen molar-refractivity contribution in [2.45, 2.75) is 18.9 Å². The number of halogens is 1. The molecule has 2 heterocycles. The van der Waals surface area contributed by atoms with Crippen LogP contribution in [-0.2, 0) is 0 Å². The standard InChI is InChI=1S/C23H23FN4O2S/c24-17-8-6-14(7-9-17)15-3-1-4-16(11-15)20-12-19(28-23(25)30)21(31-20)22(29)27-18-5-2-10-26-13-18/h1,3-4,6-9,11-12,18,26H,2,5,10,13H2,(H,27,29)(H3,25,28,30)/t18-/m0/s1. The number of primary amides is 1. The monoisotopic (exact) mass is 438 g/mol. The minimum Gasteiger partial charge on any atom is -0.351 e. The van der Waals surface area contributed by atoms with Crippen molar-refractivity contribution in [1.29, 1.82) is 0 Å². The summed E-state index contributed by atoms with van der Waals surface area (Å²) < 4.78 is 13.3. The summed E-state index contributed by atoms with van der Waals surface area (Å²) >= 11 is 1.29. The Bertz CT molecular complexity index is 1090. The minimum atomic E-state index is -0.724. The summed E-state index contributed by atoms with van der Waals surface area (Å²) in [5.74, 6) is -0.521. The lowest BCUT2D eigenvalue weighted by molar-refractivity contribution is 0.0935. The fourth-order valence-electron chi connectivity index (χ4n) is 3.65. The number of carbonyl (C=O) groups excluding carboxylic acids is 2. The van der Waals surface area contributed by atoms with Crippen LogP contribution in [0.1, 0.15) is 22.5 Å². The first-order chi connectivity index (χ1) is 15.0. The summed E-state index contributed by atoms with van der Waals surface area (Å²) in [6, 6.07) is 15.1. The number of hydrogen-bond acceptors (Lipinski definition) is 4. The average Bonchev–Trinajstić information content (AvgIpc) is 3.18. The zero-order valence-electron chi connectivity index (χ0n) is 16.8. The van der Waals surface area contributed by atoms with Crippen LogP contribution in [0.25, 0.3) is 21.6 Å². The van der Waals surface area contributed by atoms with Gasteiger partial charge >= 0.3 is 6.03 Å². The van der Waals surface area contributed by atoms with E-state index >= 15 is 0 Å². The Morgan fingerprint density at radius 2 is 1.84 bits per heavy atom. The number of nitrogens with one attached hydrogen (secondary N) is 3. The molecule has 1 atom stereocenters. The third kappa shape index (κ3) is 5.10. The number of amides is 3. The Balaban J connectivity index is 1.64. The van der Waals surface area contributed by atoms with Gasteiger partial charge in [-0.15, -0.1) is 11.3 Å². The second-order valence-corrected chi connectivity index (χ2v) is 8.50. The van der Waals surface area contributed by atoms with Crippen LogP contribution in [0.3, 0.4) is 0 Å². The van der Waals surface area contributed by atoms with E-state index < -0.39 is 6.03 Å². The third-order valence-corrected chi connectivity index (χ3v) is 6.34. The molecule has 31 heavy (non-hydrogen) atoms. The lowest BCUT2D eigenvalue weighted by Gasteiger charge is -2.23. The molecule has 4 rings (SSSR count). The normalized spacial score (nSPS) is 16.0. The van der Waals surface area contributed by atoms with Crippen molar-refractivity contribution < 1.29 is 14.0 Å². The molecule has 0 spiro atoms. The van der Waals surface area contributed by atoms with E-state index in [9.17, 15) is 14.0 Å². The molecule has 160 valence electrons. The largest absolute Gasteiger partial charge is 0.351 e. The minimum absolute atomic E-state index is 0.0510. The van der Waals surface area contributed by atoms with Crippen molar-refractivity contribution in [1.82, 2.24) is 10.6 Å². The van der Waals surface area contributed by atoms with Gasteiger partial charge in [0.2, 0.25) is 0 Å². The van der Waals surface area contributed by atoms with E-state index in [1.807, 2.05) is 24.3 Å². The molecule has 8 heteroatoms. The molecular weight excluding hydrogens is 415 g/mol. The van der Waals surface area contributed by atoms with Crippen LogP contribution >= 0.6 is 11.3 Å². The van der Waals surface area contributed by atoms with Crippen LogP contribution in [0.15, 0.2) is 54.6 Å². The molecule has 3 aromatic rings. The van der Waals surface area contributed by atoms with Crippen LogP contribution in [0.2, 0.25) is 0 Å². The summed E-state index contributed by atoms with van der Waals surface area (Å²) in [7, 11) is 0. The Morgan fingerprint density at radius 1 is 1.06 bits per heavy atom. The van der Waals surface area contributed by atoms with Gasteiger partial charge in [0.25, 0.3) is 5.91 Å². The molecule has 0 bridgehead atoms. The molecular formula is C23H23FN4O2S. The second kappa shape index (κ2) is 9.28. The molecule has 1 saturated heterocycles. The molecule has 6 nitrogen and oxygen atoms in total. The van der Waals surface area contributed by atoms with Crippen molar-refractivity contribution in [3.8, 4) is 21.6 Å². The van der Waals surface area contributed by atoms with Crippen molar-refractivity contribution in [2.75, 3.05) is 18.4 Å². The number of benzene rings is 2. The van der Waals surface area contributed by atoms with E-state index in [-0.39, 0.29) is 17.8 Å². The molecule has 0 radical (unpaired) electrons. The number of hydrogen-bond donors (Lipinski definition) is 4. The van der Waals surface area contributed by atoms with Crippen molar-refractivity contribution >= 4 is 29.0 Å². The fourth-order valence-corrected chi connectivity index (χ4v) is 4.66. The topological polar surface area (TPSA) is 96.2 Å². The maximum absolute atomic E-state index is 13.3. The van der Waals surface area contributed by atoms with Gasteiger partial charge in [0.15, 0.2) is 0 Å². The number of rotatable bonds is 5. The lowest BCUT2D eigenvalue weighted by atomic mass is 10.0. The smallest absolute Gasteiger partial charge is 0.316 e. The van der Waals surface area contributed by atoms with E-state index in [0.29, 0.717) is 10.6 Å². The van der Waals surface area contributed by atoms with Crippen LogP contribution < -0.4 is 21.7 Å². The highest BCUT2D eigenvalue weighted by molar-refractivity contribution is 7.18. The van der Waals surface area contributed by atoms with Gasteiger partial charge in [-0.1, -0.05) is 30.3 Å². The predicted octanol–water partition coefficient (Wildman–Crippen LogP) is 4.19. The average molecular weight is 439 g/mol. The quantitative estimate of drug-likeness (QED) is 0.481. The van der Waals surface area contributed by atoms with Crippen molar-refractivity contribution in [3.05, 3.63) is 65.3 Å². The van der Waals surface area contributed by atoms with Crippen molar-refractivity contribution in [3.63, 3.8) is 0 Å². The molecule has 2 aromatic carbocycles. The van der Waals surface area contributed by atoms with Crippen LogP contribution in [0.5, 0.6) is 0 Å². The first-order valence-electron chi connectivity index (χ1n) is 10.1. The van der Waals surface area contributed by atoms with E-state index in [4.69, 9.17) is 5.73 Å². The van der Waals surface area contributed by atoms with Gasteiger partial charge in [-0.2, -0.15) is 0 Å². The highest BCUT2D eigenvalue weighted by Crippen LogP contribution is 2.36. The first-order valence-corrected chi connectivity index (χ1v) is 10.9. The van der Waals surface area contributed by atoms with E-state index in [0.717, 1.165) is 47.5 Å². The van der Waals surface area contributed by atoms with Gasteiger partial charge in [-0.3, -0.25) is 4.79 Å². The van der Waals surface area contributed by atoms with E-state index in [1.165, 1.54) is 23.5 Å². The van der Waals surface area contributed by atoms with Gasteiger partial charge in [-0.05, 0) is 60.3 Å². The zero-order chi connectivity index (χ0) is 21.8. The molecule has 5 N–H and O–H groups in total. The SMILES string of the molecule is NC(=O)Nc1cc(-c2cccc(-c3ccc(F)cc3)c2)sc1C(=O)N[C@H]1CCCNC1. The Labute approximate surface area is 183 Å². The van der Waals surface area contributed by atoms with Gasteiger partial charge < -0.3 is 21.7 Å². The van der Waals surface area contributed by atoms with Crippen LogP contribution in [-0.4, -0.2) is 31.1 Å². The zero-order valence-corrected chi connectivity index (χ0v) is 17.6. The highest BCUT2D eigenvalue weighted by Gasteiger charge is 2.22. The predicted molar refractivity (Wildman–Crippen MR) is 122 cm³/mol. The third-order valence-electron chi connectivity index (χ3n) is 5.15. The van der Waals surface area contributed by atoms with Gasteiger partial charge in [0.05, 0.1) is 5.69 Å². The van der Waals surface area contributed by atoms with Crippen molar-refractivity contribution in [2.24, 2.45) is 5.73 Å². The van der Waals surface area contributed by atoms with E-state index in [1.54, 1.807) is 18.2 Å². The Kier molecular flexibility index (Phi) is 6.29. The molecule has 1 aliphatic rings. The Morgan fingerprint density at radius 3 is 2.55 bits per heavy atom. The molecule has 1 aliphatic heterocycles. The number of carbonyl (C=O) groups is 2. The Hall–Kier alpha value is -3.23. The number of piperidine rings is 1. The van der Waals surface area contributed by atoms with Gasteiger partial charge in [-0.25, -0.2) is 9.18 Å². The lowest BCUT2D eigenvalue weighted by Crippen LogP contribution is -2.45. The summed E-state index contributed by atoms with van der Waals surface area (Å²) in [5.41, 5.74) is 8.41. The maximum Gasteiger partial charge on any atom is 0.316 e. The molecule has 0 aliphatic carbocycles. The number of urea groups is 1. The van der Waals surface area contributed by atoms with Crippen LogP contribution in [0.4, 0.5) is 14.9 Å². The van der Waals surface area contributed by atoms with E-state index in [2.05, 4.69) is 16.0 Å². The molecule has 0 unspecified atom stereocenters. The first kappa shape index (κ1) is 21.0. The summed E-state index contributed by atoms with van der Waals surface area (Å²) in [6.07, 6.45) is 1.92. The second-order valence-electron chi connectivity index (χ2n) is 7.45. The van der Waals surface area contributed by atoms with Gasteiger partial charge in [0, 0.05) is 17.5 Å².